The zero-order chi connectivity index (χ0) is 17.9. The Morgan fingerprint density at radius 1 is 1.31 bits per heavy atom. The van der Waals surface area contributed by atoms with Gasteiger partial charge in [0.2, 0.25) is 0 Å². The van der Waals surface area contributed by atoms with Gasteiger partial charge in [0.1, 0.15) is 18.0 Å². The molecule has 0 spiro atoms. The molecule has 1 aliphatic rings. The van der Waals surface area contributed by atoms with Gasteiger partial charge < -0.3 is 20.2 Å². The first-order valence-corrected chi connectivity index (χ1v) is 8.89. The molecular weight excluding hydrogens is 328 g/mol. The topological polar surface area (TPSA) is 81.6 Å². The van der Waals surface area contributed by atoms with Crippen LogP contribution in [0.4, 0.5) is 0 Å². The van der Waals surface area contributed by atoms with Crippen LogP contribution >= 0.6 is 0 Å². The molecule has 26 heavy (non-hydrogen) atoms. The largest absolute Gasteiger partial charge is 0.487 e. The summed E-state index contributed by atoms with van der Waals surface area (Å²) in [5, 5.41) is 3.03. The van der Waals surface area contributed by atoms with Crippen molar-refractivity contribution in [1.29, 1.82) is 0 Å². The second-order valence-electron chi connectivity index (χ2n) is 6.67. The summed E-state index contributed by atoms with van der Waals surface area (Å²) in [6.07, 6.45) is 6.17. The third kappa shape index (κ3) is 3.70. The van der Waals surface area contributed by atoms with Crippen LogP contribution in [0.25, 0.3) is 5.65 Å². The summed E-state index contributed by atoms with van der Waals surface area (Å²) in [5.41, 5.74) is 8.06. The lowest BCUT2D eigenvalue weighted by molar-refractivity contribution is 0.0933. The molecule has 1 amide bonds. The molecule has 6 nitrogen and oxygen atoms in total. The maximum Gasteiger partial charge on any atom is 0.251 e. The summed E-state index contributed by atoms with van der Waals surface area (Å²) in [4.78, 5) is 17.0. The van der Waals surface area contributed by atoms with Crippen molar-refractivity contribution in [3.8, 4) is 5.75 Å². The molecule has 1 fully saturated rings. The monoisotopic (exact) mass is 350 g/mol. The summed E-state index contributed by atoms with van der Waals surface area (Å²) in [6.45, 7) is 0.820. The van der Waals surface area contributed by atoms with E-state index >= 15 is 0 Å². The van der Waals surface area contributed by atoms with E-state index in [1.54, 1.807) is 12.1 Å². The Hall–Kier alpha value is -2.86. The van der Waals surface area contributed by atoms with Crippen LogP contribution in [0.5, 0.6) is 5.75 Å². The lowest BCUT2D eigenvalue weighted by Crippen LogP contribution is -2.41. The zero-order valence-corrected chi connectivity index (χ0v) is 14.5. The molecule has 1 unspecified atom stereocenters. The predicted molar refractivity (Wildman–Crippen MR) is 99.0 cm³/mol. The van der Waals surface area contributed by atoms with Gasteiger partial charge in [0, 0.05) is 30.5 Å². The SMILES string of the molecule is NCC(NC(=O)c1cccc(OCc2cn3ccccc3n2)c1)C1CC1. The summed E-state index contributed by atoms with van der Waals surface area (Å²) in [6, 6.07) is 13.1. The van der Waals surface area contributed by atoms with Crippen LogP contribution in [-0.2, 0) is 6.61 Å². The average molecular weight is 350 g/mol. The Morgan fingerprint density at radius 3 is 2.96 bits per heavy atom. The first-order valence-electron chi connectivity index (χ1n) is 8.89. The normalized spacial score (nSPS) is 15.0. The summed E-state index contributed by atoms with van der Waals surface area (Å²) in [7, 11) is 0. The van der Waals surface area contributed by atoms with Gasteiger partial charge in [-0.05, 0) is 49.1 Å². The van der Waals surface area contributed by atoms with E-state index in [2.05, 4.69) is 10.3 Å². The number of imidazole rings is 1. The number of ether oxygens (including phenoxy) is 1. The second kappa shape index (κ2) is 7.17. The predicted octanol–water partition coefficient (Wildman–Crippen LogP) is 2.38. The number of carbonyl (C=O) groups is 1. The standard InChI is InChI=1S/C20H22N4O2/c21-11-18(14-7-8-14)23-20(25)15-4-3-5-17(10-15)26-13-16-12-24-9-2-1-6-19(24)22-16/h1-6,9-10,12,14,18H,7-8,11,13,21H2,(H,23,25). The first kappa shape index (κ1) is 16.6. The van der Waals surface area contributed by atoms with Crippen LogP contribution in [0, 0.1) is 5.92 Å². The summed E-state index contributed by atoms with van der Waals surface area (Å²) in [5.74, 6) is 1.06. The molecule has 0 bridgehead atoms. The van der Waals surface area contributed by atoms with Crippen LogP contribution < -0.4 is 15.8 Å². The second-order valence-corrected chi connectivity index (χ2v) is 6.67. The minimum Gasteiger partial charge on any atom is -0.487 e. The van der Waals surface area contributed by atoms with E-state index in [4.69, 9.17) is 10.5 Å². The number of pyridine rings is 1. The number of nitrogens with two attached hydrogens (primary N) is 1. The minimum atomic E-state index is -0.106. The molecular formula is C20H22N4O2. The lowest BCUT2D eigenvalue weighted by Gasteiger charge is -2.16. The number of carbonyl (C=O) groups excluding carboxylic acids is 1. The number of benzene rings is 1. The number of fused-ring (bicyclic) bond motifs is 1. The van der Waals surface area contributed by atoms with Gasteiger partial charge in [-0.15, -0.1) is 0 Å². The van der Waals surface area contributed by atoms with Gasteiger partial charge in [-0.3, -0.25) is 4.79 Å². The van der Waals surface area contributed by atoms with E-state index in [0.717, 1.165) is 24.2 Å². The average Bonchev–Trinajstić information content (AvgIpc) is 3.43. The van der Waals surface area contributed by atoms with Crippen molar-refractivity contribution in [2.24, 2.45) is 11.7 Å². The maximum atomic E-state index is 12.5. The van der Waals surface area contributed by atoms with Crippen molar-refractivity contribution in [3.63, 3.8) is 0 Å². The molecule has 3 N–H and O–H groups in total. The van der Waals surface area contributed by atoms with Crippen LogP contribution in [0.2, 0.25) is 0 Å². The fraction of sp³-hybridized carbons (Fsp3) is 0.300. The molecule has 134 valence electrons. The van der Waals surface area contributed by atoms with Gasteiger partial charge in [0.15, 0.2) is 0 Å². The minimum absolute atomic E-state index is 0.0602. The molecule has 1 saturated carbocycles. The Kier molecular flexibility index (Phi) is 4.58. The van der Waals surface area contributed by atoms with Crippen LogP contribution in [0.3, 0.4) is 0 Å². The molecule has 1 atom stereocenters. The highest BCUT2D eigenvalue weighted by atomic mass is 16.5. The number of nitrogens with one attached hydrogen (secondary N) is 1. The van der Waals surface area contributed by atoms with Crippen LogP contribution in [0.1, 0.15) is 28.9 Å². The number of amides is 1. The molecule has 1 aromatic carbocycles. The summed E-state index contributed by atoms with van der Waals surface area (Å²) >= 11 is 0. The molecule has 0 saturated heterocycles. The highest BCUT2D eigenvalue weighted by molar-refractivity contribution is 5.94. The number of hydrogen-bond acceptors (Lipinski definition) is 4. The molecule has 3 aromatic rings. The number of hydrogen-bond donors (Lipinski definition) is 2. The Bertz CT molecular complexity index is 884. The van der Waals surface area contributed by atoms with Crippen molar-refractivity contribution < 1.29 is 9.53 Å². The number of aromatic nitrogens is 2. The Balaban J connectivity index is 1.41. The number of nitrogens with zero attached hydrogens (tertiary/aromatic N) is 2. The fourth-order valence-electron chi connectivity index (χ4n) is 3.06. The van der Waals surface area contributed by atoms with Crippen molar-refractivity contribution in [2.75, 3.05) is 6.54 Å². The molecule has 0 radical (unpaired) electrons. The van der Waals surface area contributed by atoms with E-state index in [-0.39, 0.29) is 11.9 Å². The molecule has 4 rings (SSSR count). The highest BCUT2D eigenvalue weighted by Crippen LogP contribution is 2.32. The van der Waals surface area contributed by atoms with E-state index in [1.807, 2.05) is 47.1 Å². The van der Waals surface area contributed by atoms with E-state index < -0.39 is 0 Å². The van der Waals surface area contributed by atoms with Crippen LogP contribution in [-0.4, -0.2) is 27.9 Å². The highest BCUT2D eigenvalue weighted by Gasteiger charge is 2.31. The lowest BCUT2D eigenvalue weighted by atomic mass is 10.1. The van der Waals surface area contributed by atoms with Crippen molar-refractivity contribution >= 4 is 11.6 Å². The van der Waals surface area contributed by atoms with E-state index in [9.17, 15) is 4.79 Å². The maximum absolute atomic E-state index is 12.5. The van der Waals surface area contributed by atoms with Gasteiger partial charge in [-0.2, -0.15) is 0 Å². The Morgan fingerprint density at radius 2 is 2.19 bits per heavy atom. The molecule has 2 aromatic heterocycles. The van der Waals surface area contributed by atoms with Gasteiger partial charge >= 0.3 is 0 Å². The van der Waals surface area contributed by atoms with Gasteiger partial charge in [-0.25, -0.2) is 4.98 Å². The molecule has 1 aliphatic carbocycles. The quantitative estimate of drug-likeness (QED) is 0.685. The van der Waals surface area contributed by atoms with Gasteiger partial charge in [0.25, 0.3) is 5.91 Å². The van der Waals surface area contributed by atoms with Crippen molar-refractivity contribution in [1.82, 2.24) is 14.7 Å². The van der Waals surface area contributed by atoms with Gasteiger partial charge in [-0.1, -0.05) is 12.1 Å². The summed E-state index contributed by atoms with van der Waals surface area (Å²) < 4.78 is 7.77. The zero-order valence-electron chi connectivity index (χ0n) is 14.5. The van der Waals surface area contributed by atoms with Gasteiger partial charge in [0.05, 0.1) is 5.69 Å². The van der Waals surface area contributed by atoms with Crippen LogP contribution in [0.15, 0.2) is 54.9 Å². The number of rotatable bonds is 7. The molecule has 6 heteroatoms. The van der Waals surface area contributed by atoms with Crippen molar-refractivity contribution in [3.05, 3.63) is 66.1 Å². The Labute approximate surface area is 152 Å². The van der Waals surface area contributed by atoms with E-state index in [1.165, 1.54) is 0 Å². The molecule has 2 heterocycles. The first-order chi connectivity index (χ1) is 12.7. The third-order valence-corrected chi connectivity index (χ3v) is 4.66. The molecule has 0 aliphatic heterocycles. The smallest absolute Gasteiger partial charge is 0.251 e. The van der Waals surface area contributed by atoms with Crippen molar-refractivity contribution in [2.45, 2.75) is 25.5 Å². The van der Waals surface area contributed by atoms with E-state index in [0.29, 0.717) is 30.4 Å². The fourth-order valence-corrected chi connectivity index (χ4v) is 3.06. The third-order valence-electron chi connectivity index (χ3n) is 4.66.